The lowest BCUT2D eigenvalue weighted by Gasteiger charge is -2.12. The number of carboxylic acid groups (broad SMARTS) is 1. The number of benzene rings is 1. The summed E-state index contributed by atoms with van der Waals surface area (Å²) in [5, 5.41) is 19.3. The minimum atomic E-state index is -0.863. The smallest absolute Gasteiger partial charge is 0.335 e. The van der Waals surface area contributed by atoms with Crippen LogP contribution in [0.1, 0.15) is 41.3 Å². The Balaban J connectivity index is 0.000000816. The molecule has 1 aliphatic heterocycles. The number of hydrogen-bond donors (Lipinski definition) is 4. The van der Waals surface area contributed by atoms with E-state index in [4.69, 9.17) is 0 Å². The minimum absolute atomic E-state index is 0.370. The van der Waals surface area contributed by atoms with Crippen LogP contribution >= 0.6 is 0 Å². The molecule has 2 bridgehead atoms. The zero-order chi connectivity index (χ0) is 16.9. The van der Waals surface area contributed by atoms with E-state index in [0.717, 1.165) is 50.1 Å². The SMILES string of the molecule is C=CC.O=C(O)c1cc2cc(c1)CNCCCNCCCNC2. The molecule has 1 heterocycles. The van der Waals surface area contributed by atoms with Gasteiger partial charge in [0, 0.05) is 13.1 Å². The van der Waals surface area contributed by atoms with Gasteiger partial charge in [-0.15, -0.1) is 6.58 Å². The van der Waals surface area contributed by atoms with Crippen molar-refractivity contribution < 1.29 is 9.90 Å². The molecule has 1 aromatic carbocycles. The van der Waals surface area contributed by atoms with E-state index in [0.29, 0.717) is 18.7 Å². The van der Waals surface area contributed by atoms with Crippen LogP contribution < -0.4 is 16.0 Å². The second kappa shape index (κ2) is 11.8. The zero-order valence-corrected chi connectivity index (χ0v) is 14.0. The van der Waals surface area contributed by atoms with Crippen molar-refractivity contribution in [2.75, 3.05) is 26.2 Å². The number of nitrogens with one attached hydrogen (secondary N) is 3. The van der Waals surface area contributed by atoms with Gasteiger partial charge >= 0.3 is 5.97 Å². The van der Waals surface area contributed by atoms with Gasteiger partial charge in [-0.2, -0.15) is 0 Å². The van der Waals surface area contributed by atoms with Crippen molar-refractivity contribution in [3.05, 3.63) is 47.5 Å². The molecule has 0 fully saturated rings. The van der Waals surface area contributed by atoms with Crippen LogP contribution in [0, 0.1) is 0 Å². The van der Waals surface area contributed by atoms with Crippen LogP contribution in [-0.4, -0.2) is 37.3 Å². The predicted molar refractivity (Wildman–Crippen MR) is 94.8 cm³/mol. The standard InChI is InChI=1S/C15H23N3O2.C3H6/c19-15(20)14-8-12-7-13(9-14)11-18-6-2-4-16-3-1-5-17-10-12;1-3-2/h7-9,16-18H,1-6,10-11H2,(H,19,20);3H,1H2,2H3. The summed E-state index contributed by atoms with van der Waals surface area (Å²) >= 11 is 0. The Bertz CT molecular complexity index is 459. The summed E-state index contributed by atoms with van der Waals surface area (Å²) in [7, 11) is 0. The summed E-state index contributed by atoms with van der Waals surface area (Å²) in [6.45, 7) is 10.6. The molecular formula is C18H29N3O2. The largest absolute Gasteiger partial charge is 0.478 e. The van der Waals surface area contributed by atoms with Crippen LogP contribution in [0.25, 0.3) is 0 Å². The molecule has 1 aromatic rings. The summed E-state index contributed by atoms with van der Waals surface area (Å²) in [6.07, 6.45) is 3.91. The molecule has 0 radical (unpaired) electrons. The van der Waals surface area contributed by atoms with E-state index in [1.807, 2.05) is 6.92 Å². The summed E-state index contributed by atoms with van der Waals surface area (Å²) in [6, 6.07) is 5.59. The minimum Gasteiger partial charge on any atom is -0.478 e. The van der Waals surface area contributed by atoms with Gasteiger partial charge in [-0.3, -0.25) is 0 Å². The topological polar surface area (TPSA) is 73.4 Å². The molecule has 0 aromatic heterocycles. The summed E-state index contributed by atoms with van der Waals surface area (Å²) < 4.78 is 0. The molecule has 0 saturated heterocycles. The van der Waals surface area contributed by atoms with Crippen LogP contribution in [0.4, 0.5) is 0 Å². The highest BCUT2D eigenvalue weighted by atomic mass is 16.4. The molecule has 0 unspecified atom stereocenters. The highest BCUT2D eigenvalue weighted by Gasteiger charge is 2.07. The maximum atomic E-state index is 11.2. The maximum Gasteiger partial charge on any atom is 0.335 e. The third-order valence-electron chi connectivity index (χ3n) is 3.37. The molecule has 0 saturated carbocycles. The predicted octanol–water partition coefficient (Wildman–Crippen LogP) is 2.14. The number of carbonyl (C=O) groups is 1. The average molecular weight is 319 g/mol. The molecule has 2 rings (SSSR count). The van der Waals surface area contributed by atoms with Crippen molar-refractivity contribution in [2.24, 2.45) is 0 Å². The fourth-order valence-corrected chi connectivity index (χ4v) is 2.36. The van der Waals surface area contributed by atoms with Gasteiger partial charge in [-0.25, -0.2) is 4.79 Å². The first-order chi connectivity index (χ1) is 11.2. The van der Waals surface area contributed by atoms with E-state index in [9.17, 15) is 9.90 Å². The van der Waals surface area contributed by atoms with Gasteiger partial charge in [0.1, 0.15) is 0 Å². The molecule has 0 atom stereocenters. The first kappa shape index (κ1) is 19.4. The van der Waals surface area contributed by atoms with Gasteiger partial charge < -0.3 is 21.1 Å². The Labute approximate surface area is 139 Å². The second-order valence-corrected chi connectivity index (χ2v) is 5.56. The van der Waals surface area contributed by atoms with E-state index in [1.165, 1.54) is 0 Å². The molecule has 0 spiro atoms. The molecule has 23 heavy (non-hydrogen) atoms. The number of rotatable bonds is 1. The number of aromatic carboxylic acids is 1. The monoisotopic (exact) mass is 319 g/mol. The number of fused-ring (bicyclic) bond motifs is 2. The molecule has 128 valence electrons. The summed E-state index contributed by atoms with van der Waals surface area (Å²) in [4.78, 5) is 11.2. The van der Waals surface area contributed by atoms with Crippen LogP contribution in [0.15, 0.2) is 30.9 Å². The van der Waals surface area contributed by atoms with Gasteiger partial charge in [-0.1, -0.05) is 12.1 Å². The van der Waals surface area contributed by atoms with Gasteiger partial charge in [0.25, 0.3) is 0 Å². The van der Waals surface area contributed by atoms with E-state index < -0.39 is 5.97 Å². The molecule has 0 aliphatic carbocycles. The van der Waals surface area contributed by atoms with E-state index in [2.05, 4.69) is 28.6 Å². The summed E-state index contributed by atoms with van der Waals surface area (Å²) in [5.74, 6) is -0.863. The number of hydrogen-bond acceptors (Lipinski definition) is 4. The van der Waals surface area contributed by atoms with Crippen molar-refractivity contribution in [3.8, 4) is 0 Å². The Morgan fingerprint density at radius 2 is 1.43 bits per heavy atom. The van der Waals surface area contributed by atoms with Crippen molar-refractivity contribution >= 4 is 5.97 Å². The van der Waals surface area contributed by atoms with Gasteiger partial charge in [0.15, 0.2) is 0 Å². The molecule has 1 aliphatic rings. The molecular weight excluding hydrogens is 290 g/mol. The van der Waals surface area contributed by atoms with Gasteiger partial charge in [0.05, 0.1) is 5.56 Å². The van der Waals surface area contributed by atoms with Crippen molar-refractivity contribution in [3.63, 3.8) is 0 Å². The highest BCUT2D eigenvalue weighted by molar-refractivity contribution is 5.88. The zero-order valence-electron chi connectivity index (χ0n) is 14.0. The lowest BCUT2D eigenvalue weighted by atomic mass is 10.1. The van der Waals surface area contributed by atoms with E-state index >= 15 is 0 Å². The normalized spacial score (nSPS) is 16.4. The Morgan fingerprint density at radius 3 is 1.87 bits per heavy atom. The van der Waals surface area contributed by atoms with Crippen LogP contribution in [0.3, 0.4) is 0 Å². The number of carboxylic acids is 1. The van der Waals surface area contributed by atoms with Crippen LogP contribution in [0.5, 0.6) is 0 Å². The van der Waals surface area contributed by atoms with Crippen LogP contribution in [-0.2, 0) is 13.1 Å². The van der Waals surface area contributed by atoms with Crippen molar-refractivity contribution in [2.45, 2.75) is 32.9 Å². The van der Waals surface area contributed by atoms with Gasteiger partial charge in [-0.05, 0) is 69.2 Å². The quantitative estimate of drug-likeness (QED) is 0.597. The van der Waals surface area contributed by atoms with E-state index in [1.54, 1.807) is 18.2 Å². The van der Waals surface area contributed by atoms with Crippen molar-refractivity contribution in [1.29, 1.82) is 0 Å². The number of allylic oxidation sites excluding steroid dienone is 1. The molecule has 0 amide bonds. The Morgan fingerprint density at radius 1 is 1.00 bits per heavy atom. The Kier molecular flexibility index (Phi) is 9.95. The first-order valence-electron chi connectivity index (χ1n) is 8.22. The third-order valence-corrected chi connectivity index (χ3v) is 3.37. The fraction of sp³-hybridized carbons (Fsp3) is 0.500. The highest BCUT2D eigenvalue weighted by Crippen LogP contribution is 2.11. The average Bonchev–Trinajstić information content (AvgIpc) is 2.52. The first-order valence-corrected chi connectivity index (χ1v) is 8.22. The third kappa shape index (κ3) is 8.50. The van der Waals surface area contributed by atoms with Gasteiger partial charge in [0.2, 0.25) is 0 Å². The molecule has 4 N–H and O–H groups in total. The summed E-state index contributed by atoms with van der Waals surface area (Å²) in [5.41, 5.74) is 2.44. The molecule has 5 nitrogen and oxygen atoms in total. The lowest BCUT2D eigenvalue weighted by molar-refractivity contribution is 0.0696. The molecule has 5 heteroatoms. The maximum absolute atomic E-state index is 11.2. The van der Waals surface area contributed by atoms with Crippen LogP contribution in [0.2, 0.25) is 0 Å². The van der Waals surface area contributed by atoms with E-state index in [-0.39, 0.29) is 0 Å². The lowest BCUT2D eigenvalue weighted by Crippen LogP contribution is -2.26. The Hall–Kier alpha value is -1.69. The van der Waals surface area contributed by atoms with Crippen molar-refractivity contribution in [1.82, 2.24) is 16.0 Å². The fourth-order valence-electron chi connectivity index (χ4n) is 2.36. The second-order valence-electron chi connectivity index (χ2n) is 5.56.